The van der Waals surface area contributed by atoms with Crippen LogP contribution >= 0.6 is 22.9 Å². The van der Waals surface area contributed by atoms with Crippen molar-refractivity contribution in [1.82, 2.24) is 10.2 Å². The Labute approximate surface area is 156 Å². The van der Waals surface area contributed by atoms with Crippen molar-refractivity contribution in [3.8, 4) is 0 Å². The highest BCUT2D eigenvalue weighted by molar-refractivity contribution is 7.12. The Morgan fingerprint density at radius 2 is 2.04 bits per heavy atom. The van der Waals surface area contributed by atoms with Gasteiger partial charge >= 0.3 is 0 Å². The highest BCUT2D eigenvalue weighted by Crippen LogP contribution is 2.25. The summed E-state index contributed by atoms with van der Waals surface area (Å²) < 4.78 is 0. The third kappa shape index (κ3) is 4.05. The summed E-state index contributed by atoms with van der Waals surface area (Å²) in [5.74, 6) is -0.169. The van der Waals surface area contributed by atoms with Crippen molar-refractivity contribution in [2.45, 2.75) is 38.3 Å². The molecule has 0 bridgehead atoms. The summed E-state index contributed by atoms with van der Waals surface area (Å²) in [6, 6.07) is 10.5. The molecule has 0 aliphatic carbocycles. The summed E-state index contributed by atoms with van der Waals surface area (Å²) in [5.41, 5.74) is 0.879. The monoisotopic (exact) mass is 376 g/mol. The number of amides is 2. The molecule has 2 aromatic rings. The Hall–Kier alpha value is -1.85. The van der Waals surface area contributed by atoms with E-state index in [1.54, 1.807) is 4.90 Å². The molecule has 6 heteroatoms. The third-order valence-electron chi connectivity index (χ3n) is 4.53. The molecule has 1 fully saturated rings. The van der Waals surface area contributed by atoms with E-state index in [9.17, 15) is 9.59 Å². The highest BCUT2D eigenvalue weighted by atomic mass is 35.5. The summed E-state index contributed by atoms with van der Waals surface area (Å²) in [6.07, 6.45) is 2.58. The number of hydrogen-bond donors (Lipinski definition) is 1. The molecule has 0 radical (unpaired) electrons. The number of likely N-dealkylation sites (tertiary alicyclic amines) is 1. The minimum atomic E-state index is -0.423. The van der Waals surface area contributed by atoms with Crippen LogP contribution < -0.4 is 5.32 Å². The van der Waals surface area contributed by atoms with Gasteiger partial charge in [-0.25, -0.2) is 0 Å². The zero-order valence-electron chi connectivity index (χ0n) is 14.1. The summed E-state index contributed by atoms with van der Waals surface area (Å²) >= 11 is 7.63. The number of carbonyl (C=O) groups excluding carboxylic acids is 2. The Bertz CT molecular complexity index is 748. The van der Waals surface area contributed by atoms with Crippen LogP contribution in [0.2, 0.25) is 5.02 Å². The van der Waals surface area contributed by atoms with Crippen molar-refractivity contribution in [3.63, 3.8) is 0 Å². The minimum Gasteiger partial charge on any atom is -0.348 e. The molecular formula is C19H21ClN2O2S. The lowest BCUT2D eigenvalue weighted by atomic mass is 10.00. The molecule has 1 aromatic heterocycles. The maximum Gasteiger partial charge on any atom is 0.264 e. The molecule has 3 rings (SSSR count). The molecule has 2 amide bonds. The topological polar surface area (TPSA) is 49.4 Å². The second-order valence-electron chi connectivity index (χ2n) is 6.24. The fourth-order valence-corrected chi connectivity index (χ4v) is 4.18. The molecule has 1 aliphatic rings. The summed E-state index contributed by atoms with van der Waals surface area (Å²) in [6.45, 7) is 2.53. The predicted octanol–water partition coefficient (Wildman–Crippen LogP) is 4.27. The van der Waals surface area contributed by atoms with Crippen LogP contribution in [0.1, 0.15) is 47.5 Å². The maximum absolute atomic E-state index is 12.8. The van der Waals surface area contributed by atoms with E-state index < -0.39 is 6.04 Å². The van der Waals surface area contributed by atoms with Gasteiger partial charge in [0.1, 0.15) is 6.04 Å². The summed E-state index contributed by atoms with van der Waals surface area (Å²) in [7, 11) is 0. The molecule has 25 heavy (non-hydrogen) atoms. The fraction of sp³-hybridized carbons (Fsp3) is 0.368. The van der Waals surface area contributed by atoms with Crippen LogP contribution in [0.5, 0.6) is 0 Å². The minimum absolute atomic E-state index is 0.0553. The average molecular weight is 377 g/mol. The van der Waals surface area contributed by atoms with Gasteiger partial charge < -0.3 is 10.2 Å². The van der Waals surface area contributed by atoms with E-state index in [2.05, 4.69) is 5.32 Å². The smallest absolute Gasteiger partial charge is 0.264 e. The lowest BCUT2D eigenvalue weighted by Crippen LogP contribution is -2.52. The summed E-state index contributed by atoms with van der Waals surface area (Å²) in [4.78, 5) is 27.9. The number of hydrogen-bond acceptors (Lipinski definition) is 3. The van der Waals surface area contributed by atoms with E-state index >= 15 is 0 Å². The van der Waals surface area contributed by atoms with Crippen LogP contribution in [0.3, 0.4) is 0 Å². The first kappa shape index (κ1) is 18.0. The van der Waals surface area contributed by atoms with Gasteiger partial charge in [0.2, 0.25) is 5.91 Å². The van der Waals surface area contributed by atoms with Gasteiger partial charge in [-0.2, -0.15) is 0 Å². The largest absolute Gasteiger partial charge is 0.348 e. The number of thiophene rings is 1. The van der Waals surface area contributed by atoms with Gasteiger partial charge in [0.15, 0.2) is 0 Å². The van der Waals surface area contributed by atoms with Gasteiger partial charge in [0, 0.05) is 11.6 Å². The number of carbonyl (C=O) groups is 2. The molecule has 1 aromatic carbocycles. The molecule has 1 aliphatic heterocycles. The first-order valence-electron chi connectivity index (χ1n) is 8.47. The van der Waals surface area contributed by atoms with E-state index in [1.807, 2.05) is 48.7 Å². The second kappa shape index (κ2) is 8.02. The summed E-state index contributed by atoms with van der Waals surface area (Å²) in [5, 5.41) is 5.53. The Morgan fingerprint density at radius 3 is 2.76 bits per heavy atom. The van der Waals surface area contributed by atoms with Crippen molar-refractivity contribution in [2.24, 2.45) is 0 Å². The molecule has 2 heterocycles. The van der Waals surface area contributed by atoms with Crippen molar-refractivity contribution >= 4 is 34.8 Å². The number of piperidine rings is 1. The van der Waals surface area contributed by atoms with Gasteiger partial charge in [-0.05, 0) is 49.3 Å². The number of nitrogens with one attached hydrogen (secondary N) is 1. The fourth-order valence-electron chi connectivity index (χ4n) is 3.20. The van der Waals surface area contributed by atoms with Crippen LogP contribution in [0.4, 0.5) is 0 Å². The lowest BCUT2D eigenvalue weighted by Gasteiger charge is -2.35. The third-order valence-corrected chi connectivity index (χ3v) is 5.73. The Kier molecular flexibility index (Phi) is 5.76. The van der Waals surface area contributed by atoms with Crippen molar-refractivity contribution in [1.29, 1.82) is 0 Å². The molecule has 1 N–H and O–H groups in total. The van der Waals surface area contributed by atoms with Crippen LogP contribution in [-0.4, -0.2) is 29.3 Å². The first-order valence-corrected chi connectivity index (χ1v) is 9.73. The SMILES string of the molecule is CC(NC(=O)C1CCCCN1C(=O)c1cccs1)c1ccccc1Cl. The molecule has 2 atom stereocenters. The zero-order chi connectivity index (χ0) is 17.8. The van der Waals surface area contributed by atoms with Crippen LogP contribution in [0.15, 0.2) is 41.8 Å². The number of nitrogens with zero attached hydrogens (tertiary/aromatic N) is 1. The normalized spacial score (nSPS) is 18.6. The van der Waals surface area contributed by atoms with Gasteiger partial charge in [-0.1, -0.05) is 35.9 Å². The number of rotatable bonds is 4. The second-order valence-corrected chi connectivity index (χ2v) is 7.59. The molecule has 132 valence electrons. The average Bonchev–Trinajstić information content (AvgIpc) is 3.16. The Morgan fingerprint density at radius 1 is 1.24 bits per heavy atom. The maximum atomic E-state index is 12.8. The highest BCUT2D eigenvalue weighted by Gasteiger charge is 2.33. The molecule has 4 nitrogen and oxygen atoms in total. The van der Waals surface area contributed by atoms with Crippen molar-refractivity contribution in [2.75, 3.05) is 6.54 Å². The quantitative estimate of drug-likeness (QED) is 0.866. The number of benzene rings is 1. The molecule has 1 saturated heterocycles. The van der Waals surface area contributed by atoms with Gasteiger partial charge in [-0.15, -0.1) is 11.3 Å². The van der Waals surface area contributed by atoms with Crippen molar-refractivity contribution in [3.05, 3.63) is 57.2 Å². The van der Waals surface area contributed by atoms with E-state index in [0.717, 1.165) is 18.4 Å². The Balaban J connectivity index is 1.73. The van der Waals surface area contributed by atoms with Crippen LogP contribution in [-0.2, 0) is 4.79 Å². The van der Waals surface area contributed by atoms with Gasteiger partial charge in [0.25, 0.3) is 5.91 Å². The molecule has 0 saturated carbocycles. The van der Waals surface area contributed by atoms with E-state index in [-0.39, 0.29) is 17.9 Å². The first-order chi connectivity index (χ1) is 12.1. The van der Waals surface area contributed by atoms with E-state index in [0.29, 0.717) is 22.9 Å². The molecule has 2 unspecified atom stereocenters. The van der Waals surface area contributed by atoms with Crippen LogP contribution in [0, 0.1) is 0 Å². The van der Waals surface area contributed by atoms with Crippen molar-refractivity contribution < 1.29 is 9.59 Å². The molecule has 0 spiro atoms. The lowest BCUT2D eigenvalue weighted by molar-refractivity contribution is -0.127. The zero-order valence-corrected chi connectivity index (χ0v) is 15.6. The molecular weight excluding hydrogens is 356 g/mol. The standard InChI is InChI=1S/C19H21ClN2O2S/c1-13(14-7-2-3-8-15(14)20)21-18(23)16-9-4-5-11-22(16)19(24)17-10-6-12-25-17/h2-3,6-8,10,12-13,16H,4-5,9,11H2,1H3,(H,21,23). The van der Waals surface area contributed by atoms with E-state index in [1.165, 1.54) is 11.3 Å². The van der Waals surface area contributed by atoms with E-state index in [4.69, 9.17) is 11.6 Å². The van der Waals surface area contributed by atoms with Crippen LogP contribution in [0.25, 0.3) is 0 Å². The van der Waals surface area contributed by atoms with Gasteiger partial charge in [0.05, 0.1) is 10.9 Å². The van der Waals surface area contributed by atoms with Gasteiger partial charge in [-0.3, -0.25) is 9.59 Å². The number of halogens is 1. The predicted molar refractivity (Wildman–Crippen MR) is 101 cm³/mol.